The van der Waals surface area contributed by atoms with E-state index in [1.807, 2.05) is 25.1 Å². The first kappa shape index (κ1) is 23.8. The molecule has 7 heteroatoms. The van der Waals surface area contributed by atoms with Crippen molar-refractivity contribution in [3.05, 3.63) is 88.7 Å². The quantitative estimate of drug-likeness (QED) is 0.212. The Morgan fingerprint density at radius 2 is 1.88 bits per heavy atom. The fourth-order valence-electron chi connectivity index (χ4n) is 3.75. The van der Waals surface area contributed by atoms with Crippen LogP contribution in [-0.4, -0.2) is 29.2 Å². The fourth-order valence-corrected chi connectivity index (χ4v) is 4.85. The number of ether oxygens (including phenoxy) is 2. The van der Waals surface area contributed by atoms with E-state index in [0.29, 0.717) is 24.5 Å². The molecule has 4 aromatic rings. The average Bonchev–Trinajstić information content (AvgIpc) is 3.20. The molecule has 0 amide bonds. The van der Waals surface area contributed by atoms with Crippen molar-refractivity contribution in [1.29, 1.82) is 0 Å². The Hall–Kier alpha value is -3.32. The first-order chi connectivity index (χ1) is 16.5. The molecule has 1 heterocycles. The number of esters is 1. The van der Waals surface area contributed by atoms with Crippen LogP contribution in [0.2, 0.25) is 0 Å². The number of nitrogens with zero attached hydrogens (tertiary/aromatic N) is 2. The van der Waals surface area contributed by atoms with Crippen LogP contribution in [0.4, 0.5) is 4.39 Å². The minimum absolute atomic E-state index is 0.242. The molecule has 0 saturated heterocycles. The lowest BCUT2D eigenvalue weighted by Gasteiger charge is -2.11. The Labute approximate surface area is 202 Å². The molecule has 176 valence electrons. The minimum Gasteiger partial charge on any atom is -0.497 e. The molecule has 4 rings (SSSR count). The molecule has 0 radical (unpaired) electrons. The Kier molecular flexibility index (Phi) is 7.53. The lowest BCUT2D eigenvalue weighted by Crippen LogP contribution is -2.05. The van der Waals surface area contributed by atoms with Gasteiger partial charge in [-0.15, -0.1) is 0 Å². The van der Waals surface area contributed by atoms with Gasteiger partial charge in [-0.2, -0.15) is 0 Å². The maximum absolute atomic E-state index is 13.8. The number of carbonyl (C=O) groups excluding carboxylic acids is 1. The SMILES string of the molecule is CCOC(=O)c1ccc2c(c1)nc(SCc1cc(F)ccc1C)n2CCc1ccc(OC)cc1. The molecular formula is C27H27FN2O3S. The second-order valence-corrected chi connectivity index (χ2v) is 8.87. The number of hydrogen-bond acceptors (Lipinski definition) is 5. The maximum atomic E-state index is 13.8. The number of thioether (sulfide) groups is 1. The summed E-state index contributed by atoms with van der Waals surface area (Å²) in [6, 6.07) is 18.3. The van der Waals surface area contributed by atoms with Crippen molar-refractivity contribution in [3.8, 4) is 5.75 Å². The lowest BCUT2D eigenvalue weighted by molar-refractivity contribution is 0.0526. The number of carbonyl (C=O) groups is 1. The largest absolute Gasteiger partial charge is 0.497 e. The van der Waals surface area contributed by atoms with Crippen molar-refractivity contribution in [2.45, 2.75) is 37.7 Å². The number of imidazole rings is 1. The monoisotopic (exact) mass is 478 g/mol. The van der Waals surface area contributed by atoms with Crippen LogP contribution in [0.1, 0.15) is 34.0 Å². The van der Waals surface area contributed by atoms with Crippen LogP contribution in [0.3, 0.4) is 0 Å². The van der Waals surface area contributed by atoms with Crippen molar-refractivity contribution in [2.75, 3.05) is 13.7 Å². The van der Waals surface area contributed by atoms with Gasteiger partial charge in [-0.05, 0) is 79.4 Å². The molecular weight excluding hydrogens is 451 g/mol. The van der Waals surface area contributed by atoms with Gasteiger partial charge in [-0.3, -0.25) is 0 Å². The zero-order valence-corrected chi connectivity index (χ0v) is 20.3. The van der Waals surface area contributed by atoms with Crippen molar-refractivity contribution >= 4 is 28.8 Å². The van der Waals surface area contributed by atoms with Crippen LogP contribution in [0.25, 0.3) is 11.0 Å². The molecule has 1 aromatic heterocycles. The topological polar surface area (TPSA) is 53.3 Å². The van der Waals surface area contributed by atoms with E-state index in [0.717, 1.165) is 39.5 Å². The lowest BCUT2D eigenvalue weighted by atomic mass is 10.1. The molecule has 5 nitrogen and oxygen atoms in total. The standard InChI is InChI=1S/C27H27FN2O3S/c1-4-33-26(31)20-8-12-25-24(16-20)29-27(34-17-21-15-22(28)9-5-18(21)2)30(25)14-13-19-6-10-23(32-3)11-7-19/h5-12,15-16H,4,13-14,17H2,1-3H3. The first-order valence-corrected chi connectivity index (χ1v) is 12.1. The van der Waals surface area contributed by atoms with E-state index in [-0.39, 0.29) is 11.8 Å². The molecule has 0 fully saturated rings. The highest BCUT2D eigenvalue weighted by atomic mass is 32.2. The maximum Gasteiger partial charge on any atom is 0.338 e. The van der Waals surface area contributed by atoms with E-state index < -0.39 is 0 Å². The molecule has 0 aliphatic heterocycles. The number of benzene rings is 3. The van der Waals surface area contributed by atoms with Gasteiger partial charge < -0.3 is 14.0 Å². The van der Waals surface area contributed by atoms with E-state index in [4.69, 9.17) is 14.5 Å². The molecule has 0 bridgehead atoms. The summed E-state index contributed by atoms with van der Waals surface area (Å²) < 4.78 is 26.3. The van der Waals surface area contributed by atoms with E-state index in [1.165, 1.54) is 11.6 Å². The Morgan fingerprint density at radius 1 is 1.09 bits per heavy atom. The zero-order chi connectivity index (χ0) is 24.1. The predicted octanol–water partition coefficient (Wildman–Crippen LogP) is 6.20. The van der Waals surface area contributed by atoms with Crippen LogP contribution in [0, 0.1) is 12.7 Å². The Bertz CT molecular complexity index is 1300. The van der Waals surface area contributed by atoms with Crippen LogP contribution >= 0.6 is 11.8 Å². The van der Waals surface area contributed by atoms with Gasteiger partial charge in [-0.25, -0.2) is 14.2 Å². The molecule has 0 aliphatic rings. The van der Waals surface area contributed by atoms with E-state index in [2.05, 4.69) is 16.7 Å². The smallest absolute Gasteiger partial charge is 0.338 e. The van der Waals surface area contributed by atoms with Crippen molar-refractivity contribution < 1.29 is 18.7 Å². The summed E-state index contributed by atoms with van der Waals surface area (Å²) >= 11 is 1.56. The summed E-state index contributed by atoms with van der Waals surface area (Å²) in [6.45, 7) is 4.80. The molecule has 0 unspecified atom stereocenters. The first-order valence-electron chi connectivity index (χ1n) is 11.2. The van der Waals surface area contributed by atoms with Crippen LogP contribution in [0.15, 0.2) is 65.8 Å². The van der Waals surface area contributed by atoms with Crippen LogP contribution in [-0.2, 0) is 23.5 Å². The highest BCUT2D eigenvalue weighted by Crippen LogP contribution is 2.29. The highest BCUT2D eigenvalue weighted by Gasteiger charge is 2.15. The summed E-state index contributed by atoms with van der Waals surface area (Å²) in [5.41, 5.74) is 5.32. The van der Waals surface area contributed by atoms with Gasteiger partial charge in [0.25, 0.3) is 0 Å². The van der Waals surface area contributed by atoms with Crippen molar-refractivity contribution in [3.63, 3.8) is 0 Å². The van der Waals surface area contributed by atoms with Gasteiger partial charge in [0.2, 0.25) is 0 Å². The summed E-state index contributed by atoms with van der Waals surface area (Å²) in [7, 11) is 1.65. The molecule has 0 N–H and O–H groups in total. The summed E-state index contributed by atoms with van der Waals surface area (Å²) in [6.07, 6.45) is 0.807. The van der Waals surface area contributed by atoms with Gasteiger partial charge in [0, 0.05) is 12.3 Å². The van der Waals surface area contributed by atoms with Crippen LogP contribution < -0.4 is 4.74 Å². The molecule has 34 heavy (non-hydrogen) atoms. The number of halogens is 1. The Balaban J connectivity index is 1.64. The number of methoxy groups -OCH3 is 1. The predicted molar refractivity (Wildman–Crippen MR) is 133 cm³/mol. The summed E-state index contributed by atoms with van der Waals surface area (Å²) in [5.74, 6) is 0.820. The molecule has 0 atom stereocenters. The highest BCUT2D eigenvalue weighted by molar-refractivity contribution is 7.98. The van der Waals surface area contributed by atoms with Crippen molar-refractivity contribution in [2.24, 2.45) is 0 Å². The third kappa shape index (κ3) is 5.42. The number of hydrogen-bond donors (Lipinski definition) is 0. The van der Waals surface area contributed by atoms with Crippen LogP contribution in [0.5, 0.6) is 5.75 Å². The van der Waals surface area contributed by atoms with Gasteiger partial charge in [0.15, 0.2) is 5.16 Å². The second kappa shape index (κ2) is 10.7. The molecule has 3 aromatic carbocycles. The number of rotatable bonds is 9. The second-order valence-electron chi connectivity index (χ2n) is 7.93. The molecule has 0 aliphatic carbocycles. The average molecular weight is 479 g/mol. The minimum atomic E-state index is -0.359. The Morgan fingerprint density at radius 3 is 2.62 bits per heavy atom. The molecule has 0 saturated carbocycles. The summed E-state index contributed by atoms with van der Waals surface area (Å²) in [5, 5.41) is 0.827. The van der Waals surface area contributed by atoms with Gasteiger partial charge in [-0.1, -0.05) is 30.0 Å². The van der Waals surface area contributed by atoms with E-state index in [1.54, 1.807) is 50.1 Å². The normalized spacial score (nSPS) is 11.1. The van der Waals surface area contributed by atoms with Gasteiger partial charge in [0.1, 0.15) is 11.6 Å². The summed E-state index contributed by atoms with van der Waals surface area (Å²) in [4.78, 5) is 17.0. The number of fused-ring (bicyclic) bond motifs is 1. The van der Waals surface area contributed by atoms with Gasteiger partial charge >= 0.3 is 5.97 Å². The van der Waals surface area contributed by atoms with Gasteiger partial charge in [0.05, 0.1) is 30.3 Å². The number of aryl methyl sites for hydroxylation is 3. The third-order valence-electron chi connectivity index (χ3n) is 5.68. The molecule has 0 spiro atoms. The zero-order valence-electron chi connectivity index (χ0n) is 19.5. The van der Waals surface area contributed by atoms with E-state index >= 15 is 0 Å². The third-order valence-corrected chi connectivity index (χ3v) is 6.70. The van der Waals surface area contributed by atoms with E-state index in [9.17, 15) is 9.18 Å². The fraction of sp³-hybridized carbons (Fsp3) is 0.259. The number of aromatic nitrogens is 2. The van der Waals surface area contributed by atoms with Crippen molar-refractivity contribution in [1.82, 2.24) is 9.55 Å².